The first-order valence-electron chi connectivity index (χ1n) is 6.74. The Labute approximate surface area is 124 Å². The third-order valence-corrected chi connectivity index (χ3v) is 4.61. The van der Waals surface area contributed by atoms with Crippen molar-refractivity contribution >= 4 is 11.3 Å². The van der Waals surface area contributed by atoms with E-state index in [0.717, 1.165) is 0 Å². The number of benzene rings is 1. The smallest absolute Gasteiger partial charge is 0.127 e. The van der Waals surface area contributed by atoms with Crippen molar-refractivity contribution in [2.75, 3.05) is 7.05 Å². The Bertz CT molecular complexity index is 565. The maximum Gasteiger partial charge on any atom is 0.127 e. The Morgan fingerprint density at radius 1 is 1.30 bits per heavy atom. The molecule has 0 spiro atoms. The molecule has 2 nitrogen and oxygen atoms in total. The zero-order valence-electron chi connectivity index (χ0n) is 12.1. The summed E-state index contributed by atoms with van der Waals surface area (Å²) in [5, 5.41) is 2.08. The van der Waals surface area contributed by atoms with Crippen molar-refractivity contribution in [3.05, 3.63) is 57.5 Å². The summed E-state index contributed by atoms with van der Waals surface area (Å²) >= 11 is 1.71. The summed E-state index contributed by atoms with van der Waals surface area (Å²) in [5.41, 5.74) is 8.11. The minimum atomic E-state index is -0.161. The predicted molar refractivity (Wildman–Crippen MR) is 83.3 cm³/mol. The largest absolute Gasteiger partial charge is 0.326 e. The van der Waals surface area contributed by atoms with Gasteiger partial charge >= 0.3 is 0 Å². The first-order valence-corrected chi connectivity index (χ1v) is 7.62. The highest BCUT2D eigenvalue weighted by atomic mass is 32.1. The van der Waals surface area contributed by atoms with Crippen LogP contribution in [0.2, 0.25) is 0 Å². The molecular formula is C16H21FN2S. The van der Waals surface area contributed by atoms with Crippen molar-refractivity contribution in [2.24, 2.45) is 5.73 Å². The third kappa shape index (κ3) is 3.26. The lowest BCUT2D eigenvalue weighted by Gasteiger charge is -2.31. The van der Waals surface area contributed by atoms with E-state index in [9.17, 15) is 4.39 Å². The summed E-state index contributed by atoms with van der Waals surface area (Å²) in [6.45, 7) is 4.65. The van der Waals surface area contributed by atoms with Crippen LogP contribution in [0.4, 0.5) is 4.39 Å². The first-order chi connectivity index (χ1) is 9.50. The molecule has 0 saturated carbocycles. The molecule has 20 heavy (non-hydrogen) atoms. The van der Waals surface area contributed by atoms with Crippen LogP contribution in [0.25, 0.3) is 0 Å². The maximum absolute atomic E-state index is 13.8. The Morgan fingerprint density at radius 2 is 2.00 bits per heavy atom. The molecule has 0 aliphatic carbocycles. The number of rotatable bonds is 5. The van der Waals surface area contributed by atoms with Gasteiger partial charge in [-0.2, -0.15) is 0 Å². The molecule has 2 atom stereocenters. The van der Waals surface area contributed by atoms with Gasteiger partial charge in [0.1, 0.15) is 5.82 Å². The van der Waals surface area contributed by atoms with E-state index in [4.69, 9.17) is 5.73 Å². The summed E-state index contributed by atoms with van der Waals surface area (Å²) in [4.78, 5) is 3.39. The molecule has 2 rings (SSSR count). The van der Waals surface area contributed by atoms with Gasteiger partial charge in [-0.15, -0.1) is 11.3 Å². The average Bonchev–Trinajstić information content (AvgIpc) is 2.78. The van der Waals surface area contributed by atoms with E-state index in [0.29, 0.717) is 12.1 Å². The fraction of sp³-hybridized carbons (Fsp3) is 0.375. The van der Waals surface area contributed by atoms with Crippen molar-refractivity contribution in [2.45, 2.75) is 32.5 Å². The van der Waals surface area contributed by atoms with Crippen LogP contribution in [0.5, 0.6) is 0 Å². The Balaban J connectivity index is 2.23. The van der Waals surface area contributed by atoms with Crippen molar-refractivity contribution in [1.82, 2.24) is 4.90 Å². The molecule has 4 heteroatoms. The number of hydrogen-bond acceptors (Lipinski definition) is 3. The van der Waals surface area contributed by atoms with Gasteiger partial charge in [-0.05, 0) is 44.0 Å². The summed E-state index contributed by atoms with van der Waals surface area (Å²) in [7, 11) is 2.00. The average molecular weight is 292 g/mol. The van der Waals surface area contributed by atoms with E-state index in [1.54, 1.807) is 17.4 Å². The van der Waals surface area contributed by atoms with Crippen LogP contribution < -0.4 is 5.73 Å². The van der Waals surface area contributed by atoms with Gasteiger partial charge < -0.3 is 5.73 Å². The fourth-order valence-corrected chi connectivity index (χ4v) is 3.73. The number of aryl methyl sites for hydroxylation is 1. The molecule has 0 bridgehead atoms. The topological polar surface area (TPSA) is 29.3 Å². The Kier molecular flexibility index (Phi) is 4.91. The molecule has 1 aromatic carbocycles. The maximum atomic E-state index is 13.8. The van der Waals surface area contributed by atoms with E-state index >= 15 is 0 Å². The molecule has 0 amide bonds. The number of hydrogen-bond donors (Lipinski definition) is 1. The summed E-state index contributed by atoms with van der Waals surface area (Å²) < 4.78 is 13.8. The number of thiophene rings is 1. The second-order valence-corrected chi connectivity index (χ2v) is 6.23. The minimum absolute atomic E-state index is 0.0101. The summed E-state index contributed by atoms with van der Waals surface area (Å²) in [6.07, 6.45) is 0. The molecule has 2 N–H and O–H groups in total. The van der Waals surface area contributed by atoms with Gasteiger partial charge in [-0.1, -0.05) is 18.2 Å². The molecule has 2 aromatic rings. The molecule has 0 aliphatic rings. The van der Waals surface area contributed by atoms with Gasteiger partial charge in [0.2, 0.25) is 0 Å². The highest BCUT2D eigenvalue weighted by molar-refractivity contribution is 7.10. The Hall–Kier alpha value is -1.23. The summed E-state index contributed by atoms with van der Waals surface area (Å²) in [5.74, 6) is -0.161. The van der Waals surface area contributed by atoms with Crippen molar-refractivity contribution in [1.29, 1.82) is 0 Å². The van der Waals surface area contributed by atoms with Gasteiger partial charge in [0.15, 0.2) is 0 Å². The molecule has 0 aliphatic heterocycles. The predicted octanol–water partition coefficient (Wildman–Crippen LogP) is 3.72. The van der Waals surface area contributed by atoms with E-state index in [2.05, 4.69) is 23.3 Å². The molecule has 0 fully saturated rings. The fourth-order valence-electron chi connectivity index (χ4n) is 2.52. The molecular weight excluding hydrogens is 271 g/mol. The van der Waals surface area contributed by atoms with Crippen LogP contribution in [0, 0.1) is 12.7 Å². The third-order valence-electron chi connectivity index (χ3n) is 3.52. The van der Waals surface area contributed by atoms with E-state index in [1.165, 1.54) is 16.5 Å². The van der Waals surface area contributed by atoms with Crippen LogP contribution in [-0.4, -0.2) is 18.0 Å². The zero-order valence-corrected chi connectivity index (χ0v) is 13.0. The van der Waals surface area contributed by atoms with E-state index < -0.39 is 0 Å². The highest BCUT2D eigenvalue weighted by Gasteiger charge is 2.24. The summed E-state index contributed by atoms with van der Waals surface area (Å²) in [6, 6.07) is 9.10. The lowest BCUT2D eigenvalue weighted by atomic mass is 10.0. The van der Waals surface area contributed by atoms with Crippen molar-refractivity contribution in [3.63, 3.8) is 0 Å². The van der Waals surface area contributed by atoms with Crippen molar-refractivity contribution < 1.29 is 4.39 Å². The standard InChI is InChI=1S/C16H21FN2S/c1-11-8-9-20-16(11)15(12(2)18)19(3)10-13-6-4-5-7-14(13)17/h4-9,12,15H,10,18H2,1-3H3. The zero-order chi connectivity index (χ0) is 14.7. The number of nitrogens with zero attached hydrogens (tertiary/aromatic N) is 1. The van der Waals surface area contributed by atoms with Gasteiger partial charge in [-0.3, -0.25) is 4.90 Å². The van der Waals surface area contributed by atoms with Gasteiger partial charge in [0.25, 0.3) is 0 Å². The lowest BCUT2D eigenvalue weighted by molar-refractivity contribution is 0.211. The second kappa shape index (κ2) is 6.48. The monoisotopic (exact) mass is 292 g/mol. The first kappa shape index (κ1) is 15.2. The minimum Gasteiger partial charge on any atom is -0.326 e. The number of likely N-dealkylation sites (N-methyl/N-ethyl adjacent to an activating group) is 1. The highest BCUT2D eigenvalue weighted by Crippen LogP contribution is 2.31. The molecule has 108 valence electrons. The van der Waals surface area contributed by atoms with Crippen molar-refractivity contribution in [3.8, 4) is 0 Å². The van der Waals surface area contributed by atoms with Crippen LogP contribution in [-0.2, 0) is 6.54 Å². The molecule has 1 heterocycles. The van der Waals surface area contributed by atoms with Gasteiger partial charge in [0, 0.05) is 23.0 Å². The van der Waals surface area contributed by atoms with Gasteiger partial charge in [-0.25, -0.2) is 4.39 Å². The van der Waals surface area contributed by atoms with Crippen LogP contribution >= 0.6 is 11.3 Å². The SMILES string of the molecule is Cc1ccsc1C(C(C)N)N(C)Cc1ccccc1F. The Morgan fingerprint density at radius 3 is 2.55 bits per heavy atom. The van der Waals surface area contributed by atoms with Crippen LogP contribution in [0.15, 0.2) is 35.7 Å². The van der Waals surface area contributed by atoms with Gasteiger partial charge in [0.05, 0.1) is 6.04 Å². The van der Waals surface area contributed by atoms with E-state index in [-0.39, 0.29) is 17.9 Å². The van der Waals surface area contributed by atoms with Crippen LogP contribution in [0.1, 0.15) is 29.0 Å². The molecule has 0 radical (unpaired) electrons. The van der Waals surface area contributed by atoms with Crippen LogP contribution in [0.3, 0.4) is 0 Å². The quantitative estimate of drug-likeness (QED) is 0.910. The number of nitrogens with two attached hydrogens (primary N) is 1. The normalized spacial score (nSPS) is 14.5. The molecule has 0 saturated heterocycles. The van der Waals surface area contributed by atoms with E-state index in [1.807, 2.05) is 26.1 Å². The molecule has 2 unspecified atom stereocenters. The number of halogens is 1. The molecule has 1 aromatic heterocycles. The second-order valence-electron chi connectivity index (χ2n) is 5.28. The lowest BCUT2D eigenvalue weighted by Crippen LogP contribution is -2.37.